The normalized spacial score (nSPS) is 14.4. The first kappa shape index (κ1) is 21.7. The molecule has 0 unspecified atom stereocenters. The molecule has 0 bridgehead atoms. The molecule has 6 heteroatoms. The number of para-hydroxylation sites is 1. The van der Waals surface area contributed by atoms with Crippen molar-refractivity contribution in [3.05, 3.63) is 54.1 Å². The van der Waals surface area contributed by atoms with Gasteiger partial charge in [0, 0.05) is 50.1 Å². The number of hydrogen-bond acceptors (Lipinski definition) is 5. The van der Waals surface area contributed by atoms with Crippen LogP contribution in [0.5, 0.6) is 0 Å². The Bertz CT molecular complexity index is 879. The van der Waals surface area contributed by atoms with Crippen molar-refractivity contribution in [2.45, 2.75) is 26.8 Å². The van der Waals surface area contributed by atoms with Gasteiger partial charge in [0.25, 0.3) is 0 Å². The molecule has 0 aliphatic carbocycles. The van der Waals surface area contributed by atoms with E-state index in [0.29, 0.717) is 18.2 Å². The summed E-state index contributed by atoms with van der Waals surface area (Å²) in [5.74, 6) is 0.00447. The quantitative estimate of drug-likeness (QED) is 0.763. The van der Waals surface area contributed by atoms with E-state index in [-0.39, 0.29) is 5.91 Å². The highest BCUT2D eigenvalue weighted by Gasteiger charge is 2.20. The number of anilines is 3. The number of nitrogens with zero attached hydrogens (tertiary/aromatic N) is 4. The highest BCUT2D eigenvalue weighted by Crippen LogP contribution is 2.22. The van der Waals surface area contributed by atoms with E-state index >= 15 is 0 Å². The third-order valence-electron chi connectivity index (χ3n) is 5.55. The van der Waals surface area contributed by atoms with E-state index in [0.717, 1.165) is 44.1 Å². The summed E-state index contributed by atoms with van der Waals surface area (Å²) < 4.78 is 0. The smallest absolute Gasteiger partial charge is 0.238 e. The number of amides is 1. The number of rotatable bonds is 7. The van der Waals surface area contributed by atoms with Gasteiger partial charge < -0.3 is 15.1 Å². The average molecular weight is 406 g/mol. The average Bonchev–Trinajstić information content (AvgIpc) is 2.75. The van der Waals surface area contributed by atoms with Gasteiger partial charge in [0.1, 0.15) is 6.07 Å². The van der Waals surface area contributed by atoms with Gasteiger partial charge in [-0.15, -0.1) is 0 Å². The van der Waals surface area contributed by atoms with Crippen LogP contribution in [0, 0.1) is 11.3 Å². The lowest BCUT2D eigenvalue weighted by Crippen LogP contribution is -2.48. The summed E-state index contributed by atoms with van der Waals surface area (Å²) in [5.41, 5.74) is 3.67. The van der Waals surface area contributed by atoms with Crippen LogP contribution < -0.4 is 15.1 Å². The lowest BCUT2D eigenvalue weighted by molar-refractivity contribution is -0.117. The Labute approximate surface area is 179 Å². The second-order valence-corrected chi connectivity index (χ2v) is 7.87. The number of nitriles is 1. The van der Waals surface area contributed by atoms with Crippen LogP contribution in [-0.4, -0.2) is 56.1 Å². The van der Waals surface area contributed by atoms with E-state index in [4.69, 9.17) is 0 Å². The fourth-order valence-electron chi connectivity index (χ4n) is 3.98. The number of nitrogens with one attached hydrogen (secondary N) is 1. The molecule has 1 fully saturated rings. The first-order valence-electron chi connectivity index (χ1n) is 10.6. The summed E-state index contributed by atoms with van der Waals surface area (Å²) >= 11 is 0. The van der Waals surface area contributed by atoms with Crippen molar-refractivity contribution in [3.8, 4) is 6.07 Å². The number of carbonyl (C=O) groups is 1. The number of carbonyl (C=O) groups excluding carboxylic acids is 1. The van der Waals surface area contributed by atoms with Gasteiger partial charge in [-0.25, -0.2) is 0 Å². The lowest BCUT2D eigenvalue weighted by Gasteiger charge is -2.36. The highest BCUT2D eigenvalue weighted by molar-refractivity contribution is 5.92. The van der Waals surface area contributed by atoms with Crippen LogP contribution in [0.1, 0.15) is 26.3 Å². The SMILES string of the molecule is CCN(c1ccc(NC(=O)CN2CCN(c3ccccc3C#N)CC2)cc1)C(C)C. The Balaban J connectivity index is 1.50. The van der Waals surface area contributed by atoms with Crippen molar-refractivity contribution in [3.63, 3.8) is 0 Å². The van der Waals surface area contributed by atoms with Gasteiger partial charge in [-0.05, 0) is 57.2 Å². The molecule has 1 aliphatic heterocycles. The van der Waals surface area contributed by atoms with Gasteiger partial charge in [-0.2, -0.15) is 5.26 Å². The number of piperazine rings is 1. The van der Waals surface area contributed by atoms with Crippen molar-refractivity contribution in [1.29, 1.82) is 5.26 Å². The fraction of sp³-hybridized carbons (Fsp3) is 0.417. The predicted molar refractivity (Wildman–Crippen MR) is 123 cm³/mol. The standard InChI is InChI=1S/C24H31N5O/c1-4-29(19(2)3)22-11-9-21(10-12-22)26-24(30)18-27-13-15-28(16-14-27)23-8-6-5-7-20(23)17-25/h5-12,19H,4,13-16,18H2,1-3H3,(H,26,30). The molecule has 6 nitrogen and oxygen atoms in total. The Morgan fingerprint density at radius 3 is 2.37 bits per heavy atom. The van der Waals surface area contributed by atoms with Gasteiger partial charge >= 0.3 is 0 Å². The summed E-state index contributed by atoms with van der Waals surface area (Å²) in [7, 11) is 0. The topological polar surface area (TPSA) is 62.6 Å². The first-order valence-corrected chi connectivity index (χ1v) is 10.6. The molecular weight excluding hydrogens is 374 g/mol. The molecule has 2 aromatic carbocycles. The summed E-state index contributed by atoms with van der Waals surface area (Å²) in [5, 5.41) is 12.3. The molecular formula is C24H31N5O. The van der Waals surface area contributed by atoms with Crippen molar-refractivity contribution in [2.75, 3.05) is 54.4 Å². The molecule has 0 spiro atoms. The van der Waals surface area contributed by atoms with E-state index < -0.39 is 0 Å². The fourth-order valence-corrected chi connectivity index (χ4v) is 3.98. The Hall–Kier alpha value is -3.04. The number of hydrogen-bond donors (Lipinski definition) is 1. The van der Waals surface area contributed by atoms with E-state index in [9.17, 15) is 10.1 Å². The molecule has 0 aromatic heterocycles. The van der Waals surface area contributed by atoms with Gasteiger partial charge in [0.05, 0.1) is 17.8 Å². The van der Waals surface area contributed by atoms with Crippen LogP contribution >= 0.6 is 0 Å². The zero-order valence-corrected chi connectivity index (χ0v) is 18.1. The zero-order chi connectivity index (χ0) is 21.5. The largest absolute Gasteiger partial charge is 0.369 e. The van der Waals surface area contributed by atoms with Crippen molar-refractivity contribution in [2.24, 2.45) is 0 Å². The van der Waals surface area contributed by atoms with E-state index in [2.05, 4.69) is 59.0 Å². The first-order chi connectivity index (χ1) is 14.5. The minimum absolute atomic E-state index is 0.00447. The maximum Gasteiger partial charge on any atom is 0.238 e. The van der Waals surface area contributed by atoms with E-state index in [1.54, 1.807) is 0 Å². The summed E-state index contributed by atoms with van der Waals surface area (Å²) in [6.07, 6.45) is 0. The number of benzene rings is 2. The third-order valence-corrected chi connectivity index (χ3v) is 5.55. The molecule has 1 N–H and O–H groups in total. The molecule has 3 rings (SSSR count). The molecule has 0 atom stereocenters. The molecule has 1 amide bonds. The van der Waals surface area contributed by atoms with Crippen LogP contribution in [0.25, 0.3) is 0 Å². The monoisotopic (exact) mass is 405 g/mol. The van der Waals surface area contributed by atoms with Gasteiger partial charge in [0.2, 0.25) is 5.91 Å². The minimum atomic E-state index is 0.00447. The van der Waals surface area contributed by atoms with Crippen LogP contribution in [0.3, 0.4) is 0 Å². The third kappa shape index (κ3) is 5.31. The lowest BCUT2D eigenvalue weighted by atomic mass is 10.1. The molecule has 0 radical (unpaired) electrons. The summed E-state index contributed by atoms with van der Waals surface area (Å²) in [4.78, 5) is 19.2. The van der Waals surface area contributed by atoms with Crippen molar-refractivity contribution >= 4 is 23.0 Å². The van der Waals surface area contributed by atoms with Crippen molar-refractivity contribution < 1.29 is 4.79 Å². The Morgan fingerprint density at radius 1 is 1.10 bits per heavy atom. The predicted octanol–water partition coefficient (Wildman–Crippen LogP) is 3.55. The molecule has 158 valence electrons. The van der Waals surface area contributed by atoms with Crippen molar-refractivity contribution in [1.82, 2.24) is 4.90 Å². The molecule has 1 saturated heterocycles. The van der Waals surface area contributed by atoms with Gasteiger partial charge in [0.15, 0.2) is 0 Å². The molecule has 30 heavy (non-hydrogen) atoms. The van der Waals surface area contributed by atoms with Gasteiger partial charge in [-0.1, -0.05) is 12.1 Å². The maximum atomic E-state index is 12.5. The molecule has 1 heterocycles. The van der Waals surface area contributed by atoms with Crippen LogP contribution in [0.2, 0.25) is 0 Å². The zero-order valence-electron chi connectivity index (χ0n) is 18.1. The Morgan fingerprint density at radius 2 is 1.77 bits per heavy atom. The Kier molecular flexibility index (Phi) is 7.31. The summed E-state index contributed by atoms with van der Waals surface area (Å²) in [6.45, 7) is 11.0. The molecule has 1 aliphatic rings. The van der Waals surface area contributed by atoms with E-state index in [1.807, 2.05) is 36.4 Å². The van der Waals surface area contributed by atoms with Crippen LogP contribution in [0.4, 0.5) is 17.1 Å². The highest BCUT2D eigenvalue weighted by atomic mass is 16.2. The van der Waals surface area contributed by atoms with E-state index in [1.165, 1.54) is 5.69 Å². The second-order valence-electron chi connectivity index (χ2n) is 7.87. The molecule has 0 saturated carbocycles. The van der Waals surface area contributed by atoms with Crippen LogP contribution in [-0.2, 0) is 4.79 Å². The van der Waals surface area contributed by atoms with Gasteiger partial charge in [-0.3, -0.25) is 9.69 Å². The molecule has 2 aromatic rings. The maximum absolute atomic E-state index is 12.5. The second kappa shape index (κ2) is 10.1. The van der Waals surface area contributed by atoms with Crippen LogP contribution in [0.15, 0.2) is 48.5 Å². The minimum Gasteiger partial charge on any atom is -0.369 e. The summed E-state index contributed by atoms with van der Waals surface area (Å²) in [6, 6.07) is 18.4.